The Morgan fingerprint density at radius 1 is 0.234 bits per heavy atom. The van der Waals surface area contributed by atoms with E-state index in [1.54, 1.807) is 0 Å². The molecular formula is C46H31N. The van der Waals surface area contributed by atoms with Gasteiger partial charge in [0.05, 0.1) is 0 Å². The highest BCUT2D eigenvalue weighted by Crippen LogP contribution is 2.39. The fraction of sp³-hybridized carbons (Fsp3) is 0. The molecule has 0 saturated heterocycles. The maximum absolute atomic E-state index is 2.34. The van der Waals surface area contributed by atoms with Crippen molar-refractivity contribution in [3.63, 3.8) is 0 Å². The minimum absolute atomic E-state index is 1.12. The minimum Gasteiger partial charge on any atom is -0.310 e. The van der Waals surface area contributed by atoms with Crippen LogP contribution < -0.4 is 4.90 Å². The van der Waals surface area contributed by atoms with Crippen LogP contribution >= 0.6 is 0 Å². The summed E-state index contributed by atoms with van der Waals surface area (Å²) in [7, 11) is 0. The number of anilines is 3. The lowest BCUT2D eigenvalue weighted by Crippen LogP contribution is -2.09. The highest BCUT2D eigenvalue weighted by Gasteiger charge is 2.14. The first kappa shape index (κ1) is 27.2. The van der Waals surface area contributed by atoms with Crippen LogP contribution in [0.5, 0.6) is 0 Å². The van der Waals surface area contributed by atoms with Crippen molar-refractivity contribution in [1.29, 1.82) is 0 Å². The molecule has 0 spiro atoms. The van der Waals surface area contributed by atoms with Crippen molar-refractivity contribution in [3.05, 3.63) is 188 Å². The Hall–Kier alpha value is -6.18. The van der Waals surface area contributed by atoms with Gasteiger partial charge in [0.2, 0.25) is 0 Å². The van der Waals surface area contributed by atoms with E-state index in [1.807, 2.05) is 0 Å². The predicted molar refractivity (Wildman–Crippen MR) is 202 cm³/mol. The SMILES string of the molecule is c1ccc(N(c2ccc(-c3ccc4ccc5ccccc5c4c3)cc2)c2cccc(-c3ccc4ccc5ccccc5c4c3)c2)cc1. The Morgan fingerprint density at radius 2 is 0.660 bits per heavy atom. The van der Waals surface area contributed by atoms with Crippen molar-refractivity contribution in [2.75, 3.05) is 4.90 Å². The lowest BCUT2D eigenvalue weighted by atomic mass is 9.96. The first-order chi connectivity index (χ1) is 23.3. The van der Waals surface area contributed by atoms with Crippen molar-refractivity contribution in [1.82, 2.24) is 0 Å². The van der Waals surface area contributed by atoms with Gasteiger partial charge in [0.15, 0.2) is 0 Å². The lowest BCUT2D eigenvalue weighted by Gasteiger charge is -2.26. The average molecular weight is 598 g/mol. The molecule has 1 nitrogen and oxygen atoms in total. The molecular weight excluding hydrogens is 567 g/mol. The monoisotopic (exact) mass is 597 g/mol. The first-order valence-corrected chi connectivity index (χ1v) is 16.2. The smallest absolute Gasteiger partial charge is 0.0467 e. The lowest BCUT2D eigenvalue weighted by molar-refractivity contribution is 1.28. The van der Waals surface area contributed by atoms with E-state index in [1.165, 1.54) is 65.3 Å². The average Bonchev–Trinajstić information content (AvgIpc) is 3.15. The molecule has 0 saturated carbocycles. The van der Waals surface area contributed by atoms with Gasteiger partial charge in [0.25, 0.3) is 0 Å². The summed E-state index contributed by atoms with van der Waals surface area (Å²) in [5, 5.41) is 10.2. The molecule has 0 fully saturated rings. The summed E-state index contributed by atoms with van der Waals surface area (Å²) in [5.41, 5.74) is 8.19. The van der Waals surface area contributed by atoms with Gasteiger partial charge in [-0.15, -0.1) is 0 Å². The topological polar surface area (TPSA) is 3.24 Å². The Labute approximate surface area is 274 Å². The largest absolute Gasteiger partial charge is 0.310 e. The molecule has 0 N–H and O–H groups in total. The van der Waals surface area contributed by atoms with Crippen LogP contribution in [0.2, 0.25) is 0 Å². The number of rotatable bonds is 5. The highest BCUT2D eigenvalue weighted by atomic mass is 15.1. The second kappa shape index (κ2) is 11.3. The molecule has 220 valence electrons. The fourth-order valence-electron chi connectivity index (χ4n) is 7.02. The van der Waals surface area contributed by atoms with Crippen molar-refractivity contribution < 1.29 is 0 Å². The van der Waals surface area contributed by atoms with Crippen LogP contribution in [-0.4, -0.2) is 0 Å². The van der Waals surface area contributed by atoms with E-state index in [4.69, 9.17) is 0 Å². The van der Waals surface area contributed by atoms with E-state index in [0.29, 0.717) is 0 Å². The number of nitrogens with zero attached hydrogens (tertiary/aromatic N) is 1. The minimum atomic E-state index is 1.12. The van der Waals surface area contributed by atoms with Crippen LogP contribution in [0.15, 0.2) is 188 Å². The number of hydrogen-bond donors (Lipinski definition) is 0. The van der Waals surface area contributed by atoms with Gasteiger partial charge < -0.3 is 4.90 Å². The normalized spacial score (nSPS) is 11.4. The van der Waals surface area contributed by atoms with E-state index >= 15 is 0 Å². The molecule has 9 rings (SSSR count). The highest BCUT2D eigenvalue weighted by molar-refractivity contribution is 6.09. The molecule has 47 heavy (non-hydrogen) atoms. The summed E-state index contributed by atoms with van der Waals surface area (Å²) < 4.78 is 0. The van der Waals surface area contributed by atoms with Crippen molar-refractivity contribution in [3.8, 4) is 22.3 Å². The van der Waals surface area contributed by atoms with Gasteiger partial charge in [-0.3, -0.25) is 0 Å². The molecule has 9 aromatic rings. The molecule has 0 unspecified atom stereocenters. The third-order valence-electron chi connectivity index (χ3n) is 9.40. The zero-order valence-corrected chi connectivity index (χ0v) is 25.8. The van der Waals surface area contributed by atoms with Crippen LogP contribution in [0.3, 0.4) is 0 Å². The Morgan fingerprint density at radius 3 is 1.28 bits per heavy atom. The summed E-state index contributed by atoms with van der Waals surface area (Å²) >= 11 is 0. The number of benzene rings is 9. The van der Waals surface area contributed by atoms with Gasteiger partial charge in [-0.25, -0.2) is 0 Å². The molecule has 0 aromatic heterocycles. The second-order valence-electron chi connectivity index (χ2n) is 12.2. The summed E-state index contributed by atoms with van der Waals surface area (Å²) in [6, 6.07) is 68.3. The van der Waals surface area contributed by atoms with Gasteiger partial charge in [0.1, 0.15) is 0 Å². The van der Waals surface area contributed by atoms with E-state index in [-0.39, 0.29) is 0 Å². The van der Waals surface area contributed by atoms with Crippen LogP contribution in [-0.2, 0) is 0 Å². The zero-order valence-electron chi connectivity index (χ0n) is 25.8. The van der Waals surface area contributed by atoms with E-state index < -0.39 is 0 Å². The first-order valence-electron chi connectivity index (χ1n) is 16.2. The number of hydrogen-bond acceptors (Lipinski definition) is 1. The molecule has 0 aliphatic carbocycles. The van der Waals surface area contributed by atoms with Gasteiger partial charge >= 0.3 is 0 Å². The predicted octanol–water partition coefficient (Wildman–Crippen LogP) is 13.1. The second-order valence-corrected chi connectivity index (χ2v) is 12.2. The van der Waals surface area contributed by atoms with E-state index in [2.05, 4.69) is 193 Å². The molecule has 0 radical (unpaired) electrons. The van der Waals surface area contributed by atoms with Gasteiger partial charge in [-0.1, -0.05) is 140 Å². The Kier molecular flexibility index (Phi) is 6.54. The molecule has 0 atom stereocenters. The molecule has 0 aliphatic rings. The van der Waals surface area contributed by atoms with E-state index in [0.717, 1.165) is 17.1 Å². The third kappa shape index (κ3) is 4.90. The number of fused-ring (bicyclic) bond motifs is 6. The van der Waals surface area contributed by atoms with Crippen molar-refractivity contribution in [2.45, 2.75) is 0 Å². The van der Waals surface area contributed by atoms with Gasteiger partial charge in [0, 0.05) is 17.1 Å². The van der Waals surface area contributed by atoms with Crippen LogP contribution in [0, 0.1) is 0 Å². The van der Waals surface area contributed by atoms with Crippen LogP contribution in [0.25, 0.3) is 65.3 Å². The number of para-hydroxylation sites is 1. The van der Waals surface area contributed by atoms with Crippen molar-refractivity contribution >= 4 is 60.2 Å². The summed E-state index contributed by atoms with van der Waals surface area (Å²) in [6.07, 6.45) is 0. The fourth-order valence-corrected chi connectivity index (χ4v) is 7.02. The molecule has 0 amide bonds. The zero-order chi connectivity index (χ0) is 31.2. The quantitative estimate of drug-likeness (QED) is 0.178. The molecule has 0 aliphatic heterocycles. The summed E-state index contributed by atoms with van der Waals surface area (Å²) in [4.78, 5) is 2.34. The Balaban J connectivity index is 1.12. The standard InChI is InChI=1S/C46H31N/c1-2-12-40(13-3-1)47(41-27-25-32(26-28-41)38-23-21-35-19-17-33-9-4-6-15-43(33)45(35)30-38)42-14-8-11-37(29-42)39-24-22-36-20-18-34-10-5-7-16-44(34)46(36)31-39/h1-31H. The molecule has 0 bridgehead atoms. The van der Waals surface area contributed by atoms with Gasteiger partial charge in [-0.05, 0) is 114 Å². The maximum atomic E-state index is 2.34. The summed E-state index contributed by atoms with van der Waals surface area (Å²) in [6.45, 7) is 0. The Bertz CT molecular complexity index is 2560. The maximum Gasteiger partial charge on any atom is 0.0467 e. The third-order valence-corrected chi connectivity index (χ3v) is 9.40. The molecule has 0 heterocycles. The van der Waals surface area contributed by atoms with E-state index in [9.17, 15) is 0 Å². The summed E-state index contributed by atoms with van der Waals surface area (Å²) in [5.74, 6) is 0. The van der Waals surface area contributed by atoms with Crippen LogP contribution in [0.4, 0.5) is 17.1 Å². The van der Waals surface area contributed by atoms with Crippen molar-refractivity contribution in [2.24, 2.45) is 0 Å². The molecule has 1 heteroatoms. The van der Waals surface area contributed by atoms with Crippen LogP contribution in [0.1, 0.15) is 0 Å². The van der Waals surface area contributed by atoms with Gasteiger partial charge in [-0.2, -0.15) is 0 Å². The molecule has 9 aromatic carbocycles.